The van der Waals surface area contributed by atoms with Crippen molar-refractivity contribution in [1.82, 2.24) is 9.78 Å². The minimum Gasteiger partial charge on any atom is -0.383 e. The van der Waals surface area contributed by atoms with E-state index in [0.717, 1.165) is 0 Å². The van der Waals surface area contributed by atoms with Crippen LogP contribution in [-0.4, -0.2) is 49.1 Å². The summed E-state index contributed by atoms with van der Waals surface area (Å²) in [6, 6.07) is 0. The molecule has 1 N–H and O–H groups in total. The number of hydrogen-bond donors (Lipinski definition) is 1. The first kappa shape index (κ1) is 15.6. The van der Waals surface area contributed by atoms with Gasteiger partial charge in [-0.3, -0.25) is 4.68 Å². The van der Waals surface area contributed by atoms with E-state index in [1.165, 1.54) is 14.2 Å². The molecular formula is C11H19BrN2O4. The Morgan fingerprint density at radius 3 is 2.56 bits per heavy atom. The molecule has 1 aromatic rings. The highest BCUT2D eigenvalue weighted by atomic mass is 79.9. The quantitative estimate of drug-likeness (QED) is 0.762. The van der Waals surface area contributed by atoms with Gasteiger partial charge in [0.25, 0.3) is 0 Å². The maximum absolute atomic E-state index is 10.6. The zero-order chi connectivity index (χ0) is 13.8. The second kappa shape index (κ2) is 6.63. The van der Waals surface area contributed by atoms with Gasteiger partial charge in [0.2, 0.25) is 0 Å². The molecule has 7 heteroatoms. The summed E-state index contributed by atoms with van der Waals surface area (Å²) < 4.78 is 17.7. The van der Waals surface area contributed by atoms with Crippen LogP contribution in [0.5, 0.6) is 0 Å². The summed E-state index contributed by atoms with van der Waals surface area (Å²) in [6.07, 6.45) is 0.841. The van der Waals surface area contributed by atoms with Crippen LogP contribution in [0.3, 0.4) is 0 Å². The molecule has 0 aliphatic carbocycles. The molecule has 0 bridgehead atoms. The molecule has 0 aromatic carbocycles. The van der Waals surface area contributed by atoms with Crippen molar-refractivity contribution in [3.8, 4) is 0 Å². The number of rotatable bonds is 7. The molecule has 0 saturated heterocycles. The smallest absolute Gasteiger partial charge is 0.191 e. The van der Waals surface area contributed by atoms with Crippen LogP contribution in [0.4, 0.5) is 0 Å². The van der Waals surface area contributed by atoms with Crippen molar-refractivity contribution in [2.45, 2.75) is 25.4 Å². The maximum atomic E-state index is 10.6. The van der Waals surface area contributed by atoms with Crippen LogP contribution < -0.4 is 0 Å². The molecule has 1 atom stereocenters. The van der Waals surface area contributed by atoms with E-state index >= 15 is 0 Å². The molecule has 1 unspecified atom stereocenters. The zero-order valence-electron chi connectivity index (χ0n) is 11.0. The van der Waals surface area contributed by atoms with Gasteiger partial charge in [-0.2, -0.15) is 5.10 Å². The molecule has 0 spiro atoms. The van der Waals surface area contributed by atoms with E-state index in [0.29, 0.717) is 23.3 Å². The third-order valence-electron chi connectivity index (χ3n) is 2.67. The van der Waals surface area contributed by atoms with Gasteiger partial charge >= 0.3 is 0 Å². The minimum absolute atomic E-state index is 0.502. The van der Waals surface area contributed by atoms with Crippen molar-refractivity contribution >= 4 is 15.9 Å². The Balaban J connectivity index is 3.09. The summed E-state index contributed by atoms with van der Waals surface area (Å²) in [5, 5.41) is 14.8. The molecule has 0 fully saturated rings. The summed E-state index contributed by atoms with van der Waals surface area (Å²) in [4.78, 5) is 0. The molecule has 0 aliphatic rings. The van der Waals surface area contributed by atoms with Gasteiger partial charge in [-0.15, -0.1) is 0 Å². The monoisotopic (exact) mass is 322 g/mol. The van der Waals surface area contributed by atoms with E-state index in [4.69, 9.17) is 14.2 Å². The second-order valence-electron chi connectivity index (χ2n) is 4.01. The van der Waals surface area contributed by atoms with Crippen LogP contribution in [-0.2, 0) is 26.4 Å². The highest BCUT2D eigenvalue weighted by Gasteiger charge is 2.39. The predicted octanol–water partition coefficient (Wildman–Crippen LogP) is 1.12. The second-order valence-corrected chi connectivity index (χ2v) is 4.86. The Morgan fingerprint density at radius 1 is 1.44 bits per heavy atom. The molecule has 0 saturated carbocycles. The van der Waals surface area contributed by atoms with Crippen molar-refractivity contribution in [1.29, 1.82) is 0 Å². The number of methoxy groups -OCH3 is 3. The van der Waals surface area contributed by atoms with Crippen molar-refractivity contribution in [2.75, 3.05) is 27.9 Å². The Kier molecular flexibility index (Phi) is 5.74. The lowest BCUT2D eigenvalue weighted by Gasteiger charge is -2.31. The van der Waals surface area contributed by atoms with Crippen LogP contribution in [0.15, 0.2) is 10.7 Å². The molecule has 1 aromatic heterocycles. The van der Waals surface area contributed by atoms with E-state index in [-0.39, 0.29) is 0 Å². The molecule has 104 valence electrons. The predicted molar refractivity (Wildman–Crippen MR) is 69.2 cm³/mol. The number of aliphatic hydroxyl groups is 1. The number of ether oxygens (including phenoxy) is 3. The van der Waals surface area contributed by atoms with Crippen molar-refractivity contribution in [2.24, 2.45) is 0 Å². The van der Waals surface area contributed by atoms with Gasteiger partial charge in [-0.1, -0.05) is 0 Å². The molecule has 1 rings (SSSR count). The van der Waals surface area contributed by atoms with Gasteiger partial charge in [0.05, 0.1) is 29.5 Å². The molecule has 0 amide bonds. The fourth-order valence-electron chi connectivity index (χ4n) is 1.88. The Bertz CT molecular complexity index is 377. The molecular weight excluding hydrogens is 304 g/mol. The van der Waals surface area contributed by atoms with Gasteiger partial charge < -0.3 is 19.3 Å². The Hall–Kier alpha value is -0.470. The SMILES string of the molecule is COCCn1ncc(Br)c1C(C)(O)C(OC)OC. The van der Waals surface area contributed by atoms with Crippen LogP contribution >= 0.6 is 15.9 Å². The summed E-state index contributed by atoms with van der Waals surface area (Å²) in [6.45, 7) is 2.66. The molecule has 18 heavy (non-hydrogen) atoms. The Labute approximate surface area is 115 Å². The molecule has 0 radical (unpaired) electrons. The molecule has 0 aliphatic heterocycles. The van der Waals surface area contributed by atoms with Crippen molar-refractivity contribution in [3.05, 3.63) is 16.4 Å². The zero-order valence-corrected chi connectivity index (χ0v) is 12.6. The number of nitrogens with zero attached hydrogens (tertiary/aromatic N) is 2. The average molecular weight is 323 g/mol. The fraction of sp³-hybridized carbons (Fsp3) is 0.727. The fourth-order valence-corrected chi connectivity index (χ4v) is 2.58. The third kappa shape index (κ3) is 3.10. The number of halogens is 1. The van der Waals surface area contributed by atoms with Crippen LogP contribution in [0, 0.1) is 0 Å². The maximum Gasteiger partial charge on any atom is 0.191 e. The minimum atomic E-state index is -1.33. The van der Waals surface area contributed by atoms with Gasteiger partial charge in [0.1, 0.15) is 0 Å². The topological polar surface area (TPSA) is 65.7 Å². The lowest BCUT2D eigenvalue weighted by molar-refractivity contribution is -0.216. The molecule has 1 heterocycles. The van der Waals surface area contributed by atoms with Crippen molar-refractivity contribution in [3.63, 3.8) is 0 Å². The van der Waals surface area contributed by atoms with E-state index in [9.17, 15) is 5.11 Å². The largest absolute Gasteiger partial charge is 0.383 e. The number of aromatic nitrogens is 2. The lowest BCUT2D eigenvalue weighted by atomic mass is 10.0. The van der Waals surface area contributed by atoms with Gasteiger partial charge in [-0.05, 0) is 22.9 Å². The first-order valence-corrected chi connectivity index (χ1v) is 6.27. The summed E-state index contributed by atoms with van der Waals surface area (Å²) >= 11 is 3.38. The van der Waals surface area contributed by atoms with E-state index in [2.05, 4.69) is 21.0 Å². The van der Waals surface area contributed by atoms with Crippen LogP contribution in [0.1, 0.15) is 12.6 Å². The first-order chi connectivity index (χ1) is 8.48. The summed E-state index contributed by atoms with van der Waals surface area (Å²) in [5.41, 5.74) is -0.736. The van der Waals surface area contributed by atoms with Gasteiger partial charge in [0, 0.05) is 21.3 Å². The van der Waals surface area contributed by atoms with Gasteiger partial charge in [-0.25, -0.2) is 0 Å². The van der Waals surface area contributed by atoms with Crippen molar-refractivity contribution < 1.29 is 19.3 Å². The summed E-state index contributed by atoms with van der Waals surface area (Å²) in [5.74, 6) is 0. The normalized spacial score (nSPS) is 15.1. The third-order valence-corrected chi connectivity index (χ3v) is 3.25. The van der Waals surface area contributed by atoms with Crippen LogP contribution in [0.2, 0.25) is 0 Å². The highest BCUT2D eigenvalue weighted by Crippen LogP contribution is 2.32. The average Bonchev–Trinajstić information content (AvgIpc) is 2.69. The van der Waals surface area contributed by atoms with E-state index in [1.807, 2.05) is 0 Å². The molecule has 6 nitrogen and oxygen atoms in total. The Morgan fingerprint density at radius 2 is 2.06 bits per heavy atom. The standard InChI is InChI=1S/C11H19BrN2O4/c1-11(15,10(17-3)18-4)9-8(12)7-13-14(9)5-6-16-2/h7,10,15H,5-6H2,1-4H3. The van der Waals surface area contributed by atoms with Crippen LogP contribution in [0.25, 0.3) is 0 Å². The van der Waals surface area contributed by atoms with E-state index in [1.54, 1.807) is 24.9 Å². The number of hydrogen-bond acceptors (Lipinski definition) is 5. The summed E-state index contributed by atoms with van der Waals surface area (Å²) in [7, 11) is 4.57. The van der Waals surface area contributed by atoms with Gasteiger partial charge in [0.15, 0.2) is 11.9 Å². The lowest BCUT2D eigenvalue weighted by Crippen LogP contribution is -2.41. The highest BCUT2D eigenvalue weighted by molar-refractivity contribution is 9.10. The van der Waals surface area contributed by atoms with E-state index < -0.39 is 11.9 Å². The first-order valence-electron chi connectivity index (χ1n) is 5.47.